The van der Waals surface area contributed by atoms with E-state index in [1.165, 1.54) is 12.1 Å². The quantitative estimate of drug-likeness (QED) is 0.0845. The van der Waals surface area contributed by atoms with E-state index < -0.39 is 11.6 Å². The van der Waals surface area contributed by atoms with E-state index in [-0.39, 0.29) is 42.5 Å². The summed E-state index contributed by atoms with van der Waals surface area (Å²) in [4.78, 5) is 16.7. The maximum atomic E-state index is 14.0. The van der Waals surface area contributed by atoms with Gasteiger partial charge in [-0.05, 0) is 59.7 Å². The van der Waals surface area contributed by atoms with Gasteiger partial charge < -0.3 is 10.1 Å². The number of hydrogen-bond acceptors (Lipinski definition) is 3. The van der Waals surface area contributed by atoms with Gasteiger partial charge >= 0.3 is 0 Å². The van der Waals surface area contributed by atoms with Crippen molar-refractivity contribution in [2.45, 2.75) is 81.1 Å². The normalized spacial score (nSPS) is 12.1. The Morgan fingerprint density at radius 1 is 0.857 bits per heavy atom. The molecule has 0 spiro atoms. The predicted molar refractivity (Wildman–Crippen MR) is 166 cm³/mol. The van der Waals surface area contributed by atoms with Crippen LogP contribution in [0.1, 0.15) is 78.4 Å². The molecule has 0 fully saturated rings. The fourth-order valence-corrected chi connectivity index (χ4v) is 4.94. The fraction of sp³-hybridized carbons (Fsp3) is 0.389. The second-order valence-corrected chi connectivity index (χ2v) is 11.5. The number of benzene rings is 3. The van der Waals surface area contributed by atoms with Crippen LogP contribution in [-0.2, 0) is 24.9 Å². The van der Waals surface area contributed by atoms with Crippen LogP contribution in [0.3, 0.4) is 0 Å². The Balaban J connectivity index is 0.000000307. The second kappa shape index (κ2) is 14.5. The van der Waals surface area contributed by atoms with E-state index in [1.807, 2.05) is 67.5 Å². The Morgan fingerprint density at radius 2 is 1.45 bits per heavy atom. The first-order valence-electron chi connectivity index (χ1n) is 14.4. The summed E-state index contributed by atoms with van der Waals surface area (Å²) in [6.45, 7) is 16.1. The molecule has 0 amide bonds. The zero-order chi connectivity index (χ0) is 30.5. The van der Waals surface area contributed by atoms with Crippen LogP contribution in [0, 0.1) is 42.4 Å². The molecule has 1 aromatic heterocycles. The number of fused-ring (bicyclic) bond motifs is 3. The number of rotatable bonds is 8. The van der Waals surface area contributed by atoms with Gasteiger partial charge in [0.25, 0.3) is 0 Å². The largest absolute Gasteiger partial charge is 0.512 e. The number of nitrogens with zero attached hydrogens (tertiary/aromatic N) is 1. The number of carbonyl (C=O) groups excluding carboxylic acids is 1. The van der Waals surface area contributed by atoms with Crippen molar-refractivity contribution in [1.29, 1.82) is 0 Å². The zero-order valence-corrected chi connectivity index (χ0v) is 28.3. The molecular weight excluding hydrogens is 709 g/mol. The topological polar surface area (TPSA) is 50.2 Å². The Morgan fingerprint density at radius 3 is 2.02 bits per heavy atom. The number of aliphatic hydroxyl groups is 1. The first-order chi connectivity index (χ1) is 19.3. The van der Waals surface area contributed by atoms with Gasteiger partial charge in [0.1, 0.15) is 17.4 Å². The number of aromatic nitrogens is 1. The van der Waals surface area contributed by atoms with Crippen molar-refractivity contribution in [2.75, 3.05) is 0 Å². The van der Waals surface area contributed by atoms with Crippen molar-refractivity contribution in [3.8, 4) is 11.3 Å². The average molecular weight is 751 g/mol. The summed E-state index contributed by atoms with van der Waals surface area (Å²) in [5.41, 5.74) is 3.20. The Bertz CT molecular complexity index is 1570. The van der Waals surface area contributed by atoms with Crippen molar-refractivity contribution in [3.63, 3.8) is 0 Å². The Hall–Kier alpha value is -2.95. The summed E-state index contributed by atoms with van der Waals surface area (Å²) in [6.07, 6.45) is 6.43. The molecule has 0 aliphatic carbocycles. The van der Waals surface area contributed by atoms with Gasteiger partial charge in [0.15, 0.2) is 5.78 Å². The van der Waals surface area contributed by atoms with Gasteiger partial charge in [-0.1, -0.05) is 67.5 Å². The van der Waals surface area contributed by atoms with Crippen LogP contribution in [-0.4, -0.2) is 15.9 Å². The zero-order valence-electron chi connectivity index (χ0n) is 25.9. The fourth-order valence-electron chi connectivity index (χ4n) is 4.94. The van der Waals surface area contributed by atoms with Crippen molar-refractivity contribution in [3.05, 3.63) is 89.3 Å². The SMILES string of the molecule is CCC(C)(CC)C(=O)C=C(O)C(C)(CC)CC.Cc1[c-]c(-c2nccc3c2ccc2c(F)cc(F)cc23)cc(C)c1.[Ir]. The molecule has 4 aromatic rings. The van der Waals surface area contributed by atoms with E-state index in [2.05, 4.69) is 17.1 Å². The predicted octanol–water partition coefficient (Wildman–Crippen LogP) is 10.4. The van der Waals surface area contributed by atoms with Gasteiger partial charge in [0.2, 0.25) is 0 Å². The number of allylic oxidation sites excluding steroid dienone is 2. The first-order valence-corrected chi connectivity index (χ1v) is 14.4. The van der Waals surface area contributed by atoms with Gasteiger partial charge in [-0.3, -0.25) is 4.79 Å². The molecular formula is C36H42F2IrNO2-. The van der Waals surface area contributed by atoms with Crippen LogP contribution in [0.15, 0.2) is 60.5 Å². The molecule has 3 aromatic carbocycles. The standard InChI is InChI=1S/C21H14F2N.C15H28O2.Ir/c1-12-7-13(2)9-14(8-12)21-18-4-3-17-19(16(18)5-6-24-21)10-15(22)11-20(17)23;1-7-14(5,8-2)12(16)11-13(17)15(6,9-3)10-4;/h3-8,10-11H,1-2H3;11,16H,7-10H2,1-6H3;/q-1;;. The maximum absolute atomic E-state index is 14.0. The van der Waals surface area contributed by atoms with E-state index in [4.69, 9.17) is 0 Å². The van der Waals surface area contributed by atoms with E-state index in [1.54, 1.807) is 18.3 Å². The molecule has 3 nitrogen and oxygen atoms in total. The summed E-state index contributed by atoms with van der Waals surface area (Å²) in [5.74, 6) is -0.846. The van der Waals surface area contributed by atoms with Crippen molar-refractivity contribution >= 4 is 27.3 Å². The van der Waals surface area contributed by atoms with E-state index in [9.17, 15) is 18.7 Å². The summed E-state index contributed by atoms with van der Waals surface area (Å²) >= 11 is 0. The van der Waals surface area contributed by atoms with Gasteiger partial charge in [-0.15, -0.1) is 34.9 Å². The molecule has 1 radical (unpaired) electrons. The van der Waals surface area contributed by atoms with Crippen molar-refractivity contribution in [2.24, 2.45) is 10.8 Å². The number of halogens is 2. The molecule has 0 aliphatic rings. The molecule has 4 rings (SSSR count). The van der Waals surface area contributed by atoms with Gasteiger partial charge in [0.05, 0.1) is 0 Å². The molecule has 1 N–H and O–H groups in total. The number of pyridine rings is 1. The minimum Gasteiger partial charge on any atom is -0.512 e. The van der Waals surface area contributed by atoms with Gasteiger partial charge in [-0.2, -0.15) is 0 Å². The van der Waals surface area contributed by atoms with Crippen LogP contribution in [0.2, 0.25) is 0 Å². The monoisotopic (exact) mass is 751 g/mol. The van der Waals surface area contributed by atoms with E-state index in [0.717, 1.165) is 64.9 Å². The summed E-state index contributed by atoms with van der Waals surface area (Å²) < 4.78 is 27.7. The Kier molecular flexibility index (Phi) is 12.2. The van der Waals surface area contributed by atoms with Crippen LogP contribution >= 0.6 is 0 Å². The summed E-state index contributed by atoms with van der Waals surface area (Å²) in [5, 5.41) is 12.7. The minimum absolute atomic E-state index is 0. The minimum atomic E-state index is -0.580. The number of aryl methyl sites for hydroxylation is 2. The molecule has 0 saturated heterocycles. The number of aliphatic hydroxyl groups excluding tert-OH is 1. The van der Waals surface area contributed by atoms with Crippen LogP contribution < -0.4 is 0 Å². The van der Waals surface area contributed by atoms with Crippen LogP contribution in [0.25, 0.3) is 32.8 Å². The molecule has 0 unspecified atom stereocenters. The molecule has 42 heavy (non-hydrogen) atoms. The summed E-state index contributed by atoms with van der Waals surface area (Å²) in [6, 6.07) is 15.0. The number of hydrogen-bond donors (Lipinski definition) is 1. The Labute approximate surface area is 262 Å². The number of ketones is 1. The molecule has 0 bridgehead atoms. The van der Waals surface area contributed by atoms with E-state index in [0.29, 0.717) is 10.8 Å². The van der Waals surface area contributed by atoms with Crippen molar-refractivity contribution < 1.29 is 38.8 Å². The molecule has 0 aliphatic heterocycles. The number of carbonyl (C=O) groups is 1. The molecule has 0 atom stereocenters. The molecule has 1 heterocycles. The molecule has 6 heteroatoms. The molecule has 0 saturated carbocycles. The average Bonchev–Trinajstić information content (AvgIpc) is 2.95. The van der Waals surface area contributed by atoms with Gasteiger partial charge in [0, 0.05) is 54.7 Å². The molecule has 227 valence electrons. The second-order valence-electron chi connectivity index (χ2n) is 11.5. The third kappa shape index (κ3) is 7.51. The third-order valence-electron chi connectivity index (χ3n) is 8.80. The van der Waals surface area contributed by atoms with Crippen molar-refractivity contribution in [1.82, 2.24) is 4.98 Å². The van der Waals surface area contributed by atoms with E-state index >= 15 is 0 Å². The summed E-state index contributed by atoms with van der Waals surface area (Å²) in [7, 11) is 0. The first kappa shape index (κ1) is 35.2. The third-order valence-corrected chi connectivity index (χ3v) is 8.80. The maximum Gasteiger partial charge on any atom is 0.164 e. The van der Waals surface area contributed by atoms with Gasteiger partial charge in [-0.25, -0.2) is 8.78 Å². The van der Waals surface area contributed by atoms with Crippen LogP contribution in [0.4, 0.5) is 8.78 Å². The van der Waals surface area contributed by atoms with Crippen LogP contribution in [0.5, 0.6) is 0 Å². The smallest absolute Gasteiger partial charge is 0.164 e.